The van der Waals surface area contributed by atoms with Gasteiger partial charge in [-0.3, -0.25) is 9.59 Å². The van der Waals surface area contributed by atoms with Gasteiger partial charge >= 0.3 is 0 Å². The molecule has 2 amide bonds. The molecule has 1 N–H and O–H groups in total. The monoisotopic (exact) mass is 396 g/mol. The van der Waals surface area contributed by atoms with Gasteiger partial charge in [0.05, 0.1) is 5.69 Å². The molecule has 1 aliphatic heterocycles. The first kappa shape index (κ1) is 19.0. The molecule has 6 rings (SSSR count). The maximum absolute atomic E-state index is 12.5. The van der Waals surface area contributed by atoms with Crippen LogP contribution in [0.2, 0.25) is 0 Å². The normalized spacial score (nSPS) is 34.7. The minimum absolute atomic E-state index is 0.0409. The van der Waals surface area contributed by atoms with Crippen LogP contribution in [0.1, 0.15) is 58.3 Å². The van der Waals surface area contributed by atoms with Gasteiger partial charge in [0, 0.05) is 19.5 Å². The number of carbonyl (C=O) groups is 2. The highest BCUT2D eigenvalue weighted by molar-refractivity contribution is 6.00. The average molecular weight is 397 g/mol. The van der Waals surface area contributed by atoms with E-state index < -0.39 is 6.10 Å². The fraction of sp³-hybridized carbons (Fsp3) is 0.667. The van der Waals surface area contributed by atoms with Crippen LogP contribution in [-0.2, 0) is 9.59 Å². The Balaban J connectivity index is 1.13. The van der Waals surface area contributed by atoms with E-state index in [1.807, 2.05) is 24.3 Å². The van der Waals surface area contributed by atoms with Gasteiger partial charge in [-0.05, 0) is 87.2 Å². The lowest BCUT2D eigenvalue weighted by Gasteiger charge is -2.57. The van der Waals surface area contributed by atoms with Gasteiger partial charge in [-0.2, -0.15) is 0 Å². The number of nitrogens with zero attached hydrogens (tertiary/aromatic N) is 1. The highest BCUT2D eigenvalue weighted by atomic mass is 16.5. The molecular weight excluding hydrogens is 364 g/mol. The smallest absolute Gasteiger partial charge is 0.267 e. The summed E-state index contributed by atoms with van der Waals surface area (Å²) >= 11 is 0. The first-order valence-electron chi connectivity index (χ1n) is 11.4. The number of amides is 2. The number of rotatable bonds is 6. The van der Waals surface area contributed by atoms with E-state index in [9.17, 15) is 9.59 Å². The van der Waals surface area contributed by atoms with Crippen molar-refractivity contribution < 1.29 is 14.3 Å². The molecule has 29 heavy (non-hydrogen) atoms. The van der Waals surface area contributed by atoms with E-state index in [2.05, 4.69) is 5.32 Å². The van der Waals surface area contributed by atoms with Crippen molar-refractivity contribution in [3.05, 3.63) is 24.3 Å². The fourth-order valence-electron chi connectivity index (χ4n) is 6.95. The van der Waals surface area contributed by atoms with E-state index in [-0.39, 0.29) is 11.8 Å². The van der Waals surface area contributed by atoms with E-state index in [0.717, 1.165) is 36.4 Å². The van der Waals surface area contributed by atoms with Gasteiger partial charge in [0.25, 0.3) is 5.91 Å². The minimum Gasteiger partial charge on any atom is -0.479 e. The van der Waals surface area contributed by atoms with Crippen LogP contribution in [0.4, 0.5) is 5.69 Å². The second-order valence-corrected chi connectivity index (χ2v) is 9.99. The highest BCUT2D eigenvalue weighted by Gasteiger charge is 2.50. The molecule has 1 atom stereocenters. The van der Waals surface area contributed by atoms with Crippen molar-refractivity contribution >= 4 is 17.5 Å². The first-order chi connectivity index (χ1) is 14.0. The fourth-order valence-corrected chi connectivity index (χ4v) is 6.95. The lowest BCUT2D eigenvalue weighted by Crippen LogP contribution is -2.47. The van der Waals surface area contributed by atoms with Gasteiger partial charge in [-0.1, -0.05) is 12.1 Å². The summed E-state index contributed by atoms with van der Waals surface area (Å²) in [4.78, 5) is 26.7. The Labute approximate surface area is 173 Å². The summed E-state index contributed by atoms with van der Waals surface area (Å²) in [6, 6.07) is 7.54. The molecule has 4 bridgehead atoms. The first-order valence-corrected chi connectivity index (χ1v) is 11.4. The zero-order chi connectivity index (χ0) is 20.0. The van der Waals surface area contributed by atoms with Crippen LogP contribution < -0.4 is 15.0 Å². The van der Waals surface area contributed by atoms with Gasteiger partial charge in [-0.15, -0.1) is 0 Å². The van der Waals surface area contributed by atoms with E-state index >= 15 is 0 Å². The number of ether oxygens (including phenoxy) is 1. The number of nitrogens with one attached hydrogen (secondary N) is 1. The number of benzene rings is 1. The summed E-state index contributed by atoms with van der Waals surface area (Å²) in [5, 5.41) is 3.14. The van der Waals surface area contributed by atoms with Crippen molar-refractivity contribution in [3.8, 4) is 5.75 Å². The summed E-state index contributed by atoms with van der Waals surface area (Å²) in [6.07, 6.45) is 9.46. The highest BCUT2D eigenvalue weighted by Crippen LogP contribution is 2.61. The van der Waals surface area contributed by atoms with Crippen molar-refractivity contribution in [2.45, 2.75) is 64.4 Å². The molecule has 1 aromatic rings. The van der Waals surface area contributed by atoms with Gasteiger partial charge < -0.3 is 15.0 Å². The molecule has 0 radical (unpaired) electrons. The number of hydrogen-bond acceptors (Lipinski definition) is 3. The van der Waals surface area contributed by atoms with E-state index in [1.54, 1.807) is 11.8 Å². The van der Waals surface area contributed by atoms with Crippen molar-refractivity contribution in [2.24, 2.45) is 23.2 Å². The van der Waals surface area contributed by atoms with Crippen LogP contribution in [0.3, 0.4) is 0 Å². The second kappa shape index (κ2) is 7.33. The Hall–Kier alpha value is -2.04. The van der Waals surface area contributed by atoms with Crippen molar-refractivity contribution in [1.29, 1.82) is 0 Å². The lowest BCUT2D eigenvalue weighted by atomic mass is 9.49. The van der Waals surface area contributed by atoms with Crippen molar-refractivity contribution in [1.82, 2.24) is 5.32 Å². The van der Waals surface area contributed by atoms with Crippen LogP contribution in [-0.4, -0.2) is 31.0 Å². The van der Waals surface area contributed by atoms with E-state index in [4.69, 9.17) is 4.74 Å². The van der Waals surface area contributed by atoms with Crippen molar-refractivity contribution in [3.63, 3.8) is 0 Å². The SMILES string of the molecule is CC1Oc2ccccc2N(CCC(=O)NCCC23CC4CC(CC(C4)C2)C3)C1=O. The summed E-state index contributed by atoms with van der Waals surface area (Å²) in [6.45, 7) is 2.93. The van der Waals surface area contributed by atoms with Crippen molar-refractivity contribution in [2.75, 3.05) is 18.0 Å². The summed E-state index contributed by atoms with van der Waals surface area (Å²) in [7, 11) is 0. The zero-order valence-electron chi connectivity index (χ0n) is 17.4. The predicted molar refractivity (Wildman–Crippen MR) is 112 cm³/mol. The van der Waals surface area contributed by atoms with Gasteiger partial charge in [-0.25, -0.2) is 0 Å². The Morgan fingerprint density at radius 2 is 1.79 bits per heavy atom. The predicted octanol–water partition coefficient (Wildman–Crippen LogP) is 3.91. The Morgan fingerprint density at radius 3 is 2.48 bits per heavy atom. The van der Waals surface area contributed by atoms with Crippen LogP contribution in [0, 0.1) is 23.2 Å². The number of hydrogen-bond donors (Lipinski definition) is 1. The molecule has 0 aromatic heterocycles. The van der Waals surface area contributed by atoms with Crippen LogP contribution in [0.25, 0.3) is 0 Å². The second-order valence-electron chi connectivity index (χ2n) is 9.99. The maximum Gasteiger partial charge on any atom is 0.267 e. The van der Waals surface area contributed by atoms with Gasteiger partial charge in [0.1, 0.15) is 5.75 Å². The van der Waals surface area contributed by atoms with Crippen LogP contribution >= 0.6 is 0 Å². The zero-order valence-corrected chi connectivity index (χ0v) is 17.4. The molecule has 4 aliphatic carbocycles. The third kappa shape index (κ3) is 3.64. The summed E-state index contributed by atoms with van der Waals surface area (Å²) in [5.41, 5.74) is 1.26. The maximum atomic E-state index is 12.5. The van der Waals surface area contributed by atoms with E-state index in [1.165, 1.54) is 38.5 Å². The number of carbonyl (C=O) groups excluding carboxylic acids is 2. The molecule has 1 unspecified atom stereocenters. The molecule has 5 aliphatic rings. The standard InChI is InChI=1S/C24H32N2O3/c1-16-23(28)26(20-4-2-3-5-21(20)29-16)9-6-22(27)25-8-7-24-13-17-10-18(14-24)12-19(11-17)15-24/h2-5,16-19H,6-15H2,1H3,(H,25,27). The third-order valence-electron chi connectivity index (χ3n) is 7.78. The minimum atomic E-state index is -0.510. The topological polar surface area (TPSA) is 58.6 Å². The van der Waals surface area contributed by atoms with Crippen LogP contribution in [0.5, 0.6) is 5.75 Å². The van der Waals surface area contributed by atoms with Crippen LogP contribution in [0.15, 0.2) is 24.3 Å². The molecule has 0 spiro atoms. The summed E-state index contributed by atoms with van der Waals surface area (Å²) in [5.74, 6) is 3.52. The van der Waals surface area contributed by atoms with Gasteiger partial charge in [0.15, 0.2) is 6.10 Å². The molecule has 5 nitrogen and oxygen atoms in total. The number of anilines is 1. The molecular formula is C24H32N2O3. The Kier molecular flexibility index (Phi) is 4.79. The molecule has 1 aromatic carbocycles. The molecule has 5 heteroatoms. The lowest BCUT2D eigenvalue weighted by molar-refractivity contribution is -0.125. The Morgan fingerprint density at radius 1 is 1.14 bits per heavy atom. The summed E-state index contributed by atoms with van der Waals surface area (Å²) < 4.78 is 5.67. The molecule has 4 saturated carbocycles. The number of para-hydroxylation sites is 2. The quantitative estimate of drug-likeness (QED) is 0.793. The molecule has 4 fully saturated rings. The Bertz CT molecular complexity index is 770. The van der Waals surface area contributed by atoms with E-state index in [0.29, 0.717) is 24.1 Å². The molecule has 0 saturated heterocycles. The third-order valence-corrected chi connectivity index (χ3v) is 7.78. The average Bonchev–Trinajstić information content (AvgIpc) is 2.67. The largest absolute Gasteiger partial charge is 0.479 e. The molecule has 156 valence electrons. The van der Waals surface area contributed by atoms with Gasteiger partial charge in [0.2, 0.25) is 5.91 Å². The molecule has 1 heterocycles. The number of fused-ring (bicyclic) bond motifs is 1.